The van der Waals surface area contributed by atoms with Gasteiger partial charge in [0.15, 0.2) is 22.4 Å². The van der Waals surface area contributed by atoms with E-state index in [1.54, 1.807) is 36.4 Å². The van der Waals surface area contributed by atoms with Gasteiger partial charge in [0.1, 0.15) is 5.75 Å². The molecule has 2 N–H and O–H groups in total. The number of nitrogens with one attached hydrogen (secondary N) is 2. The fourth-order valence-electron chi connectivity index (χ4n) is 2.41. The van der Waals surface area contributed by atoms with Crippen LogP contribution in [0.15, 0.2) is 58.4 Å². The Morgan fingerprint density at radius 3 is 2.10 bits per heavy atom. The summed E-state index contributed by atoms with van der Waals surface area (Å²) in [5, 5.41) is 6.25. The third-order valence-electron chi connectivity index (χ3n) is 3.90. The number of alkyl halides is 3. The van der Waals surface area contributed by atoms with Gasteiger partial charge in [0.05, 0.1) is 11.4 Å². The summed E-state index contributed by atoms with van der Waals surface area (Å²) in [5.74, 6) is 0.699. The van der Waals surface area contributed by atoms with Gasteiger partial charge in [-0.1, -0.05) is 24.3 Å². The third-order valence-corrected chi connectivity index (χ3v) is 5.03. The van der Waals surface area contributed by atoms with E-state index in [1.165, 1.54) is 12.1 Å². The lowest BCUT2D eigenvalue weighted by molar-refractivity contribution is -0.153. The van der Waals surface area contributed by atoms with Gasteiger partial charge in [0.2, 0.25) is 0 Å². The number of nitrogens with zero attached hydrogens (tertiary/aromatic N) is 1. The molecule has 0 unspecified atom stereocenters. The number of halogens is 4. The summed E-state index contributed by atoms with van der Waals surface area (Å²) in [6.45, 7) is 2.00. The van der Waals surface area contributed by atoms with Crippen molar-refractivity contribution in [1.29, 1.82) is 0 Å². The van der Waals surface area contributed by atoms with Crippen LogP contribution in [0.3, 0.4) is 0 Å². The fraction of sp³-hybridized carbons (Fsp3) is 0.350. The first-order valence-electron chi connectivity index (χ1n) is 9.16. The van der Waals surface area contributed by atoms with Crippen molar-refractivity contribution >= 4 is 39.8 Å². The van der Waals surface area contributed by atoms with E-state index in [9.17, 15) is 21.6 Å². The minimum absolute atomic E-state index is 0. The lowest BCUT2D eigenvalue weighted by Gasteiger charge is -2.12. The standard InChI is InChI=1S/C20H24F3N3O3S.HI/c1-3-24-19(26-13-16-6-10-18(11-7-16)30(2,27)28)25-12-15-4-8-17(9-5-15)29-14-20(21,22)23;/h4-11H,3,12-14H2,1-2H3,(H2,24,25,26);1H. The van der Waals surface area contributed by atoms with Gasteiger partial charge in [-0.25, -0.2) is 13.4 Å². The van der Waals surface area contributed by atoms with Gasteiger partial charge in [0.25, 0.3) is 0 Å². The average Bonchev–Trinajstić information content (AvgIpc) is 2.68. The molecule has 0 radical (unpaired) electrons. The van der Waals surface area contributed by atoms with Crippen LogP contribution in [0.2, 0.25) is 0 Å². The highest BCUT2D eigenvalue weighted by atomic mass is 127. The molecule has 0 bridgehead atoms. The molecule has 2 rings (SSSR count). The number of hydrogen-bond acceptors (Lipinski definition) is 4. The van der Waals surface area contributed by atoms with E-state index < -0.39 is 22.6 Å². The molecule has 0 spiro atoms. The maximum atomic E-state index is 12.2. The predicted octanol–water partition coefficient (Wildman–Crippen LogP) is 3.90. The fourth-order valence-corrected chi connectivity index (χ4v) is 3.04. The van der Waals surface area contributed by atoms with Crippen molar-refractivity contribution in [2.75, 3.05) is 19.4 Å². The van der Waals surface area contributed by atoms with Crippen LogP contribution in [0, 0.1) is 0 Å². The van der Waals surface area contributed by atoms with Crippen molar-refractivity contribution in [2.24, 2.45) is 4.99 Å². The first kappa shape index (κ1) is 27.0. The van der Waals surface area contributed by atoms with Gasteiger partial charge >= 0.3 is 6.18 Å². The van der Waals surface area contributed by atoms with Crippen LogP contribution >= 0.6 is 24.0 Å². The molecule has 0 aromatic heterocycles. The molecule has 0 aliphatic heterocycles. The Hall–Kier alpha value is -2.02. The summed E-state index contributed by atoms with van der Waals surface area (Å²) in [6.07, 6.45) is -3.22. The number of hydrogen-bond donors (Lipinski definition) is 2. The summed E-state index contributed by atoms with van der Waals surface area (Å²) in [7, 11) is -3.23. The average molecular weight is 571 g/mol. The Labute approximate surface area is 197 Å². The topological polar surface area (TPSA) is 79.8 Å². The molecule has 2 aromatic rings. The summed E-state index contributed by atoms with van der Waals surface area (Å²) in [5.41, 5.74) is 1.70. The van der Waals surface area contributed by atoms with Gasteiger partial charge in [-0.05, 0) is 42.3 Å². The molecule has 172 valence electrons. The Kier molecular flexibility index (Phi) is 10.6. The molecule has 0 saturated heterocycles. The smallest absolute Gasteiger partial charge is 0.422 e. The number of guanidine groups is 1. The van der Waals surface area contributed by atoms with E-state index in [0.717, 1.165) is 17.4 Å². The second kappa shape index (κ2) is 12.1. The van der Waals surface area contributed by atoms with Gasteiger partial charge in [0, 0.05) is 19.3 Å². The van der Waals surface area contributed by atoms with Crippen molar-refractivity contribution in [3.63, 3.8) is 0 Å². The molecule has 6 nitrogen and oxygen atoms in total. The molecule has 0 amide bonds. The number of aliphatic imine (C=N–C) groups is 1. The highest BCUT2D eigenvalue weighted by molar-refractivity contribution is 14.0. The van der Waals surface area contributed by atoms with Gasteiger partial charge < -0.3 is 15.4 Å². The Balaban J connectivity index is 0.00000480. The van der Waals surface area contributed by atoms with E-state index in [1.807, 2.05) is 6.92 Å². The normalized spacial score (nSPS) is 12.1. The number of benzene rings is 2. The lowest BCUT2D eigenvalue weighted by Crippen LogP contribution is -2.36. The Morgan fingerprint density at radius 2 is 1.58 bits per heavy atom. The number of ether oxygens (including phenoxy) is 1. The first-order valence-corrected chi connectivity index (χ1v) is 11.1. The highest BCUT2D eigenvalue weighted by Crippen LogP contribution is 2.19. The van der Waals surface area contributed by atoms with E-state index in [4.69, 9.17) is 0 Å². The summed E-state index contributed by atoms with van der Waals surface area (Å²) in [4.78, 5) is 4.71. The number of sulfone groups is 1. The zero-order chi connectivity index (χ0) is 22.2. The Bertz CT molecular complexity index is 948. The SMILES string of the molecule is CCNC(=NCc1ccc(OCC(F)(F)F)cc1)NCc1ccc(S(C)(=O)=O)cc1.I. The summed E-state index contributed by atoms with van der Waals surface area (Å²) in [6, 6.07) is 12.8. The molecular weight excluding hydrogens is 546 g/mol. The molecule has 2 aromatic carbocycles. The van der Waals surface area contributed by atoms with Crippen LogP contribution in [0.5, 0.6) is 5.75 Å². The van der Waals surface area contributed by atoms with Crippen LogP contribution in [-0.4, -0.2) is 40.0 Å². The maximum absolute atomic E-state index is 12.2. The van der Waals surface area contributed by atoms with Crippen molar-refractivity contribution in [3.05, 3.63) is 59.7 Å². The van der Waals surface area contributed by atoms with Crippen molar-refractivity contribution < 1.29 is 26.3 Å². The molecule has 0 heterocycles. The van der Waals surface area contributed by atoms with Crippen molar-refractivity contribution in [3.8, 4) is 5.75 Å². The summed E-state index contributed by atoms with van der Waals surface area (Å²) < 4.78 is 64.3. The molecule has 0 aliphatic rings. The van der Waals surface area contributed by atoms with Crippen molar-refractivity contribution in [1.82, 2.24) is 10.6 Å². The molecule has 0 fully saturated rings. The van der Waals surface area contributed by atoms with Crippen LogP contribution < -0.4 is 15.4 Å². The highest BCUT2D eigenvalue weighted by Gasteiger charge is 2.28. The minimum Gasteiger partial charge on any atom is -0.484 e. The van der Waals surface area contributed by atoms with Gasteiger partial charge in [-0.3, -0.25) is 0 Å². The van der Waals surface area contributed by atoms with E-state index in [0.29, 0.717) is 25.6 Å². The zero-order valence-corrected chi connectivity index (χ0v) is 20.2. The van der Waals surface area contributed by atoms with Crippen LogP contribution in [-0.2, 0) is 22.9 Å². The second-order valence-electron chi connectivity index (χ2n) is 6.51. The van der Waals surface area contributed by atoms with E-state index in [2.05, 4.69) is 20.4 Å². The molecule has 0 atom stereocenters. The number of rotatable bonds is 8. The largest absolute Gasteiger partial charge is 0.484 e. The summed E-state index contributed by atoms with van der Waals surface area (Å²) >= 11 is 0. The lowest BCUT2D eigenvalue weighted by atomic mass is 10.2. The molecule has 11 heteroatoms. The maximum Gasteiger partial charge on any atom is 0.422 e. The van der Waals surface area contributed by atoms with Crippen LogP contribution in [0.25, 0.3) is 0 Å². The minimum atomic E-state index is -4.37. The van der Waals surface area contributed by atoms with E-state index >= 15 is 0 Å². The first-order chi connectivity index (χ1) is 14.1. The van der Waals surface area contributed by atoms with Crippen LogP contribution in [0.1, 0.15) is 18.1 Å². The van der Waals surface area contributed by atoms with Crippen molar-refractivity contribution in [2.45, 2.75) is 31.1 Å². The van der Waals surface area contributed by atoms with Gasteiger partial charge in [-0.15, -0.1) is 24.0 Å². The van der Waals surface area contributed by atoms with Gasteiger partial charge in [-0.2, -0.15) is 13.2 Å². The monoisotopic (exact) mass is 571 g/mol. The molecular formula is C20H25F3IN3O3S. The third kappa shape index (κ3) is 10.2. The quantitative estimate of drug-likeness (QED) is 0.286. The predicted molar refractivity (Wildman–Crippen MR) is 125 cm³/mol. The second-order valence-corrected chi connectivity index (χ2v) is 8.53. The molecule has 0 aliphatic carbocycles. The zero-order valence-electron chi connectivity index (χ0n) is 17.1. The molecule has 0 saturated carbocycles. The van der Waals surface area contributed by atoms with E-state index in [-0.39, 0.29) is 34.6 Å². The van der Waals surface area contributed by atoms with Crippen LogP contribution in [0.4, 0.5) is 13.2 Å². The Morgan fingerprint density at radius 1 is 1.00 bits per heavy atom. The molecule has 31 heavy (non-hydrogen) atoms.